The first-order chi connectivity index (χ1) is 8.83. The first kappa shape index (κ1) is 11.3. The highest BCUT2D eigenvalue weighted by atomic mass is 127. The van der Waals surface area contributed by atoms with Gasteiger partial charge in [-0.2, -0.15) is 0 Å². The molecule has 0 aliphatic rings. The summed E-state index contributed by atoms with van der Waals surface area (Å²) in [5, 5.41) is 8.07. The van der Waals surface area contributed by atoms with Crippen molar-refractivity contribution in [1.82, 2.24) is 15.2 Å². The van der Waals surface area contributed by atoms with Crippen LogP contribution in [-0.4, -0.2) is 15.2 Å². The number of aromatic nitrogens is 3. The van der Waals surface area contributed by atoms with Gasteiger partial charge < -0.3 is 4.42 Å². The van der Waals surface area contributed by atoms with Crippen molar-refractivity contribution in [2.75, 3.05) is 0 Å². The fraction of sp³-hybridized carbons (Fsp3) is 0. The van der Waals surface area contributed by atoms with Crippen molar-refractivity contribution in [2.45, 2.75) is 0 Å². The monoisotopic (exact) mass is 349 g/mol. The van der Waals surface area contributed by atoms with E-state index in [1.807, 2.05) is 36.4 Å². The molecule has 0 unspecified atom stereocenters. The summed E-state index contributed by atoms with van der Waals surface area (Å²) in [4.78, 5) is 4.03. The highest BCUT2D eigenvalue weighted by Gasteiger charge is 2.09. The third kappa shape index (κ3) is 2.26. The number of rotatable bonds is 2. The molecule has 4 nitrogen and oxygen atoms in total. The van der Waals surface area contributed by atoms with Crippen molar-refractivity contribution < 1.29 is 4.42 Å². The largest absolute Gasteiger partial charge is 0.416 e. The summed E-state index contributed by atoms with van der Waals surface area (Å²) in [6, 6.07) is 11.7. The van der Waals surface area contributed by atoms with Crippen LogP contribution in [0, 0.1) is 3.57 Å². The highest BCUT2D eigenvalue weighted by molar-refractivity contribution is 14.1. The van der Waals surface area contributed by atoms with Crippen LogP contribution < -0.4 is 0 Å². The predicted molar refractivity (Wildman–Crippen MR) is 75.7 cm³/mol. The first-order valence-corrected chi connectivity index (χ1v) is 6.40. The molecule has 0 atom stereocenters. The van der Waals surface area contributed by atoms with Crippen LogP contribution in [0.1, 0.15) is 0 Å². The van der Waals surface area contributed by atoms with Crippen molar-refractivity contribution in [3.63, 3.8) is 0 Å². The van der Waals surface area contributed by atoms with Gasteiger partial charge in [0.05, 0.1) is 5.56 Å². The van der Waals surface area contributed by atoms with Crippen molar-refractivity contribution in [1.29, 1.82) is 0 Å². The lowest BCUT2D eigenvalue weighted by Gasteiger charge is -1.95. The van der Waals surface area contributed by atoms with Gasteiger partial charge in [-0.15, -0.1) is 10.2 Å². The standard InChI is InChI=1S/C13H8IN3O/c14-11-5-3-9(4-6-11)12-16-17-13(18-12)10-2-1-7-15-8-10/h1-8H. The minimum absolute atomic E-state index is 0.483. The molecule has 0 saturated heterocycles. The Bertz CT molecular complexity index is 650. The second kappa shape index (κ2) is 4.85. The molecule has 2 aromatic heterocycles. The number of halogens is 1. The summed E-state index contributed by atoms with van der Waals surface area (Å²) >= 11 is 2.26. The fourth-order valence-corrected chi connectivity index (χ4v) is 1.90. The molecular formula is C13H8IN3O. The number of pyridine rings is 1. The maximum Gasteiger partial charge on any atom is 0.249 e. The molecule has 3 rings (SSSR count). The lowest BCUT2D eigenvalue weighted by molar-refractivity contribution is 0.584. The predicted octanol–water partition coefficient (Wildman–Crippen LogP) is 3.40. The van der Waals surface area contributed by atoms with E-state index in [1.165, 1.54) is 3.57 Å². The van der Waals surface area contributed by atoms with Gasteiger partial charge in [-0.1, -0.05) is 0 Å². The van der Waals surface area contributed by atoms with E-state index in [2.05, 4.69) is 37.8 Å². The van der Waals surface area contributed by atoms with Crippen LogP contribution in [0.15, 0.2) is 53.2 Å². The van der Waals surface area contributed by atoms with Gasteiger partial charge in [-0.3, -0.25) is 4.98 Å². The zero-order valence-electron chi connectivity index (χ0n) is 9.25. The lowest BCUT2D eigenvalue weighted by Crippen LogP contribution is -1.78. The van der Waals surface area contributed by atoms with E-state index in [1.54, 1.807) is 12.4 Å². The van der Waals surface area contributed by atoms with Crippen LogP contribution in [0.25, 0.3) is 22.9 Å². The van der Waals surface area contributed by atoms with Gasteiger partial charge >= 0.3 is 0 Å². The third-order valence-corrected chi connectivity index (χ3v) is 3.14. The van der Waals surface area contributed by atoms with E-state index in [0.29, 0.717) is 11.8 Å². The summed E-state index contributed by atoms with van der Waals surface area (Å²) in [5.41, 5.74) is 1.74. The van der Waals surface area contributed by atoms with Gasteiger partial charge in [0.2, 0.25) is 11.8 Å². The number of hydrogen-bond acceptors (Lipinski definition) is 4. The van der Waals surface area contributed by atoms with E-state index in [0.717, 1.165) is 11.1 Å². The average molecular weight is 349 g/mol. The smallest absolute Gasteiger partial charge is 0.249 e. The van der Waals surface area contributed by atoms with E-state index < -0.39 is 0 Å². The zero-order chi connectivity index (χ0) is 12.4. The van der Waals surface area contributed by atoms with Gasteiger partial charge in [0.1, 0.15) is 0 Å². The topological polar surface area (TPSA) is 51.8 Å². The van der Waals surface area contributed by atoms with Gasteiger partial charge in [0, 0.05) is 21.5 Å². The van der Waals surface area contributed by atoms with Crippen molar-refractivity contribution in [2.24, 2.45) is 0 Å². The normalized spacial score (nSPS) is 10.5. The minimum atomic E-state index is 0.483. The van der Waals surface area contributed by atoms with Crippen molar-refractivity contribution in [3.05, 3.63) is 52.4 Å². The molecule has 3 aromatic rings. The zero-order valence-corrected chi connectivity index (χ0v) is 11.4. The molecule has 0 saturated carbocycles. The summed E-state index contributed by atoms with van der Waals surface area (Å²) in [5.74, 6) is 1.00. The molecule has 5 heteroatoms. The van der Waals surface area contributed by atoms with Crippen LogP contribution >= 0.6 is 22.6 Å². The van der Waals surface area contributed by atoms with E-state index in [9.17, 15) is 0 Å². The molecule has 0 bridgehead atoms. The molecule has 0 aliphatic heterocycles. The molecule has 18 heavy (non-hydrogen) atoms. The van der Waals surface area contributed by atoms with E-state index in [4.69, 9.17) is 4.42 Å². The SMILES string of the molecule is Ic1ccc(-c2nnc(-c3cccnc3)o2)cc1. The Hall–Kier alpha value is -1.76. The van der Waals surface area contributed by atoms with Crippen LogP contribution in [-0.2, 0) is 0 Å². The maximum absolute atomic E-state index is 5.63. The van der Waals surface area contributed by atoms with Gasteiger partial charge in [0.15, 0.2) is 0 Å². The van der Waals surface area contributed by atoms with Crippen molar-refractivity contribution >= 4 is 22.6 Å². The van der Waals surface area contributed by atoms with Gasteiger partial charge in [0.25, 0.3) is 0 Å². The van der Waals surface area contributed by atoms with Crippen LogP contribution in [0.5, 0.6) is 0 Å². The molecule has 0 amide bonds. The molecule has 0 fully saturated rings. The minimum Gasteiger partial charge on any atom is -0.416 e. The summed E-state index contributed by atoms with van der Waals surface area (Å²) < 4.78 is 6.80. The van der Waals surface area contributed by atoms with Crippen LogP contribution in [0.3, 0.4) is 0 Å². The average Bonchev–Trinajstić information content (AvgIpc) is 2.90. The molecular weight excluding hydrogens is 341 g/mol. The summed E-state index contributed by atoms with van der Waals surface area (Å²) in [7, 11) is 0. The number of benzene rings is 1. The molecule has 0 aliphatic carbocycles. The van der Waals surface area contributed by atoms with E-state index in [-0.39, 0.29) is 0 Å². The Kier molecular flexibility index (Phi) is 3.06. The molecule has 0 spiro atoms. The number of hydrogen-bond donors (Lipinski definition) is 0. The van der Waals surface area contributed by atoms with E-state index >= 15 is 0 Å². The second-order valence-corrected chi connectivity index (χ2v) is 4.91. The summed E-state index contributed by atoms with van der Waals surface area (Å²) in [6.07, 6.45) is 3.41. The molecule has 2 heterocycles. The molecule has 0 radical (unpaired) electrons. The lowest BCUT2D eigenvalue weighted by atomic mass is 10.2. The molecule has 0 N–H and O–H groups in total. The summed E-state index contributed by atoms with van der Waals surface area (Å²) in [6.45, 7) is 0. The first-order valence-electron chi connectivity index (χ1n) is 5.33. The number of nitrogens with zero attached hydrogens (tertiary/aromatic N) is 3. The van der Waals surface area contributed by atoms with Gasteiger partial charge in [-0.25, -0.2) is 0 Å². The highest BCUT2D eigenvalue weighted by Crippen LogP contribution is 2.23. The Morgan fingerprint density at radius 1 is 0.889 bits per heavy atom. The quantitative estimate of drug-likeness (QED) is 0.666. The fourth-order valence-electron chi connectivity index (χ4n) is 1.54. The van der Waals surface area contributed by atoms with Gasteiger partial charge in [-0.05, 0) is 59.0 Å². The Labute approximate surface area is 117 Å². The van der Waals surface area contributed by atoms with Crippen LogP contribution in [0.2, 0.25) is 0 Å². The van der Waals surface area contributed by atoms with Crippen LogP contribution in [0.4, 0.5) is 0 Å². The van der Waals surface area contributed by atoms with Crippen molar-refractivity contribution in [3.8, 4) is 22.9 Å². The third-order valence-electron chi connectivity index (χ3n) is 2.42. The molecule has 1 aromatic carbocycles. The second-order valence-electron chi connectivity index (χ2n) is 3.66. The Balaban J connectivity index is 1.97. The molecule has 88 valence electrons. The Morgan fingerprint density at radius 2 is 1.61 bits per heavy atom. The Morgan fingerprint density at radius 3 is 2.28 bits per heavy atom. The maximum atomic E-state index is 5.63.